The average molecular weight is 505 g/mol. The van der Waals surface area contributed by atoms with E-state index in [1.165, 1.54) is 0 Å². The summed E-state index contributed by atoms with van der Waals surface area (Å²) < 4.78 is 0. The van der Waals surface area contributed by atoms with E-state index in [4.69, 9.17) is 0 Å². The van der Waals surface area contributed by atoms with Crippen molar-refractivity contribution in [2.24, 2.45) is 0 Å². The first kappa shape index (κ1) is 54.9. The van der Waals surface area contributed by atoms with Gasteiger partial charge in [-0.2, -0.15) is 0 Å². The maximum Gasteiger partial charge on any atom is 0 e. The molecule has 0 rings (SSSR count). The predicted molar refractivity (Wildman–Crippen MR) is 18.5 cm³/mol. The number of hydrogen-bond donors (Lipinski definition) is 0. The smallest absolute Gasteiger partial charge is 0 e. The average Bonchev–Trinajstić information content (AvgIpc) is 0. The molecule has 44 valence electrons. The van der Waals surface area contributed by atoms with Gasteiger partial charge in [0.05, 0.1) is 0 Å². The summed E-state index contributed by atoms with van der Waals surface area (Å²) in [6.45, 7) is 0. The summed E-state index contributed by atoms with van der Waals surface area (Å²) in [5.74, 6) is 0. The Labute approximate surface area is 112 Å². The van der Waals surface area contributed by atoms with E-state index < -0.39 is 0 Å². The summed E-state index contributed by atoms with van der Waals surface area (Å²) in [6.07, 6.45) is 0. The van der Waals surface area contributed by atoms with Gasteiger partial charge < -0.3 is 0 Å². The zero-order chi connectivity index (χ0) is 0. The first-order valence-corrected chi connectivity index (χ1v) is 0. The Hall–Kier alpha value is 3.59. The van der Waals surface area contributed by atoms with Crippen LogP contribution in [0.3, 0.4) is 0 Å². The van der Waals surface area contributed by atoms with Gasteiger partial charge in [0.2, 0.25) is 0 Å². The van der Waals surface area contributed by atoms with Crippen LogP contribution in [0, 0.1) is 0 Å². The van der Waals surface area contributed by atoms with Crippen LogP contribution in [-0.2, 0) is 72.7 Å². The Morgan fingerprint density at radius 3 is 1.00 bits per heavy atom. The van der Waals surface area contributed by atoms with Gasteiger partial charge in [-0.05, 0) is 0 Å². The standard InChI is InChI=1S/Al.Co.Fe.Ni.Sn.Ta.5H. The molecule has 0 spiro atoms. The van der Waals surface area contributed by atoms with Crippen LogP contribution < -0.4 is 0 Å². The van der Waals surface area contributed by atoms with Gasteiger partial charge in [0, 0.05) is 72.7 Å². The van der Waals surface area contributed by atoms with Crippen LogP contribution in [0.25, 0.3) is 0 Å². The molecule has 0 amide bonds. The Balaban J connectivity index is 0. The van der Waals surface area contributed by atoms with Crippen molar-refractivity contribution in [1.29, 1.82) is 0 Å². The van der Waals surface area contributed by atoms with Crippen molar-refractivity contribution in [3.8, 4) is 0 Å². The van der Waals surface area contributed by atoms with E-state index in [1.807, 2.05) is 0 Å². The predicted octanol–water partition coefficient (Wildman–Crippen LogP) is -2.11. The van der Waals surface area contributed by atoms with Gasteiger partial charge in [0.25, 0.3) is 0 Å². The fourth-order valence-corrected chi connectivity index (χ4v) is 0. The molecule has 0 aliphatic heterocycles. The number of hydrogen-bond acceptors (Lipinski definition) is 0. The largest absolute Gasteiger partial charge is 0 e. The molecule has 0 aliphatic rings. The number of rotatable bonds is 0. The van der Waals surface area contributed by atoms with Crippen molar-refractivity contribution < 1.29 is 72.7 Å². The molecule has 0 nitrogen and oxygen atoms in total. The quantitative estimate of drug-likeness (QED) is 0.331. The molecule has 0 fully saturated rings. The molecule has 0 unspecified atom stereocenters. The first-order valence-electron chi connectivity index (χ1n) is 0. The van der Waals surface area contributed by atoms with E-state index in [0.29, 0.717) is 0 Å². The Kier molecular flexibility index (Phi) is 351. The van der Waals surface area contributed by atoms with Crippen LogP contribution >= 0.6 is 0 Å². The van der Waals surface area contributed by atoms with Gasteiger partial charge in [-0.15, -0.1) is 0 Å². The monoisotopic (exact) mass is 506 g/mol. The Morgan fingerprint density at radius 1 is 1.00 bits per heavy atom. The molecule has 0 aliphatic carbocycles. The summed E-state index contributed by atoms with van der Waals surface area (Å²) in [5, 5.41) is 0. The summed E-state index contributed by atoms with van der Waals surface area (Å²) in [4.78, 5) is 0. The van der Waals surface area contributed by atoms with Gasteiger partial charge in [-0.3, -0.25) is 0 Å². The molecule has 6 heavy (non-hydrogen) atoms. The molecule has 0 saturated carbocycles. The fourth-order valence-electron chi connectivity index (χ4n) is 0. The third kappa shape index (κ3) is 25.6. The van der Waals surface area contributed by atoms with Crippen LogP contribution in [0.1, 0.15) is 0 Å². The van der Waals surface area contributed by atoms with Crippen molar-refractivity contribution in [3.63, 3.8) is 0 Å². The van der Waals surface area contributed by atoms with Crippen LogP contribution in [-0.4, -0.2) is 41.3 Å². The topological polar surface area (TPSA) is 0 Å². The van der Waals surface area contributed by atoms with Gasteiger partial charge >= 0.3 is 23.9 Å². The minimum absolute atomic E-state index is 0. The van der Waals surface area contributed by atoms with Crippen molar-refractivity contribution >= 4 is 41.3 Å². The van der Waals surface area contributed by atoms with Crippen LogP contribution in [0.4, 0.5) is 0 Å². The minimum atomic E-state index is 0. The van der Waals surface area contributed by atoms with Crippen LogP contribution in [0.15, 0.2) is 0 Å². The molecule has 0 N–H and O–H groups in total. The molecular formula is H5AlCoFeNiSnTa. The van der Waals surface area contributed by atoms with E-state index >= 15 is 0 Å². The van der Waals surface area contributed by atoms with E-state index in [1.54, 1.807) is 0 Å². The van der Waals surface area contributed by atoms with E-state index in [2.05, 4.69) is 0 Å². The normalized spacial score (nSPS) is 0. The summed E-state index contributed by atoms with van der Waals surface area (Å²) >= 11 is 0. The summed E-state index contributed by atoms with van der Waals surface area (Å²) in [6, 6.07) is 0. The second-order valence-electron chi connectivity index (χ2n) is 0. The van der Waals surface area contributed by atoms with Gasteiger partial charge in [0.15, 0.2) is 17.4 Å². The van der Waals surface area contributed by atoms with Crippen molar-refractivity contribution in [3.05, 3.63) is 0 Å². The molecule has 0 heterocycles. The molecule has 0 aromatic heterocycles. The summed E-state index contributed by atoms with van der Waals surface area (Å²) in [7, 11) is 0. The third-order valence-corrected chi connectivity index (χ3v) is 0. The summed E-state index contributed by atoms with van der Waals surface area (Å²) in [5.41, 5.74) is 0. The fraction of sp³-hybridized carbons (Fsp3) is 0. The SMILES string of the molecule is [AlH3].[Co].[Fe].[Ni].[SnH2].[Ta]. The third-order valence-electron chi connectivity index (χ3n) is 0. The van der Waals surface area contributed by atoms with Crippen molar-refractivity contribution in [2.45, 2.75) is 0 Å². The molecule has 0 atom stereocenters. The Bertz CT molecular complexity index is 15.5. The molecule has 0 aromatic carbocycles. The zero-order valence-corrected chi connectivity index (χ0v) is 12.5. The first-order chi connectivity index (χ1) is 0. The van der Waals surface area contributed by atoms with E-state index in [9.17, 15) is 0 Å². The second-order valence-corrected chi connectivity index (χ2v) is 0. The molecule has 0 saturated heterocycles. The molecular weight excluding hydrogens is 500 g/mol. The molecule has 4 radical (unpaired) electrons. The minimum Gasteiger partial charge on any atom is 0 e. The van der Waals surface area contributed by atoms with Crippen molar-refractivity contribution in [2.75, 3.05) is 0 Å². The van der Waals surface area contributed by atoms with Crippen molar-refractivity contribution in [1.82, 2.24) is 0 Å². The molecule has 0 aromatic rings. The zero-order valence-electron chi connectivity index (χ0n) is 2.16. The molecule has 0 bridgehead atoms. The van der Waals surface area contributed by atoms with Gasteiger partial charge in [-0.1, -0.05) is 0 Å². The van der Waals surface area contributed by atoms with E-state index in [0.717, 1.165) is 0 Å². The van der Waals surface area contributed by atoms with Gasteiger partial charge in [0.1, 0.15) is 0 Å². The second kappa shape index (κ2) is 38.4. The maximum atomic E-state index is 0. The maximum absolute atomic E-state index is 0. The Morgan fingerprint density at radius 2 is 1.00 bits per heavy atom. The van der Waals surface area contributed by atoms with Crippen LogP contribution in [0.2, 0.25) is 0 Å². The van der Waals surface area contributed by atoms with E-state index in [-0.39, 0.29) is 114 Å². The van der Waals surface area contributed by atoms with Gasteiger partial charge in [-0.25, -0.2) is 0 Å². The molecule has 6 heteroatoms. The van der Waals surface area contributed by atoms with Crippen LogP contribution in [0.5, 0.6) is 0 Å².